The van der Waals surface area contributed by atoms with Crippen molar-refractivity contribution in [3.05, 3.63) is 12.2 Å². The first-order chi connectivity index (χ1) is 14.1. The Morgan fingerprint density at radius 2 is 1.52 bits per heavy atom. The van der Waals surface area contributed by atoms with Gasteiger partial charge in [0.1, 0.15) is 0 Å². The zero-order chi connectivity index (χ0) is 22.1. The second kappa shape index (κ2) is 19.2. The van der Waals surface area contributed by atoms with Gasteiger partial charge in [0.2, 0.25) is 0 Å². The van der Waals surface area contributed by atoms with Crippen LogP contribution in [0.15, 0.2) is 12.2 Å². The molecule has 0 aromatic rings. The van der Waals surface area contributed by atoms with Gasteiger partial charge < -0.3 is 0 Å². The number of hydrogen-bond donors (Lipinski definition) is 0. The van der Waals surface area contributed by atoms with E-state index in [4.69, 9.17) is 0 Å². The summed E-state index contributed by atoms with van der Waals surface area (Å²) in [5.41, 5.74) is 0. The van der Waals surface area contributed by atoms with Gasteiger partial charge in [-0.05, 0) is 17.8 Å². The molecule has 0 bridgehead atoms. The molecule has 1 heteroatoms. The normalized spacial score (nSPS) is 25.2. The number of rotatable bonds is 9. The molecule has 0 radical (unpaired) electrons. The Morgan fingerprint density at radius 1 is 0.862 bits per heavy atom. The van der Waals surface area contributed by atoms with Crippen molar-refractivity contribution in [1.29, 1.82) is 0 Å². The van der Waals surface area contributed by atoms with Gasteiger partial charge in [-0.1, -0.05) is 67.7 Å². The molecular weight excluding hydrogens is 463 g/mol. The Balaban J connectivity index is 0.000000532. The van der Waals surface area contributed by atoms with Crippen LogP contribution in [0.5, 0.6) is 0 Å². The third-order valence-electron chi connectivity index (χ3n) is 7.05. The quantitative estimate of drug-likeness (QED) is 0.185. The van der Waals surface area contributed by atoms with Crippen molar-refractivity contribution >= 4 is 0 Å². The van der Waals surface area contributed by atoms with Crippen LogP contribution in [0.3, 0.4) is 0 Å². The van der Waals surface area contributed by atoms with Crippen molar-refractivity contribution in [3.63, 3.8) is 0 Å². The van der Waals surface area contributed by atoms with Gasteiger partial charge in [0, 0.05) is 0 Å². The molecule has 2 aliphatic rings. The molecular formula is C28H56I-. The van der Waals surface area contributed by atoms with Gasteiger partial charge in [-0.25, -0.2) is 0 Å². The van der Waals surface area contributed by atoms with Crippen LogP contribution < -0.4 is 21.2 Å². The molecule has 2 rings (SSSR count). The molecule has 1 saturated carbocycles. The number of allylic oxidation sites excluding steroid dienone is 2. The monoisotopic (exact) mass is 519 g/mol. The van der Waals surface area contributed by atoms with Gasteiger partial charge in [-0.15, -0.1) is 0 Å². The molecule has 4 atom stereocenters. The molecule has 0 nitrogen and oxygen atoms in total. The van der Waals surface area contributed by atoms with Crippen molar-refractivity contribution < 1.29 is 21.2 Å². The molecule has 0 spiro atoms. The van der Waals surface area contributed by atoms with Gasteiger partial charge in [-0.2, -0.15) is 0 Å². The SMILES string of the molecule is CC.CCC(CC)C(CC)C(C)C.CCC[I-]C1CCCCC1C1C=CCCC1. The standard InChI is InChI=1S/C15H26I.C11H24.C2H6/c1-2-12-16-15-11-7-6-10-14(15)13-8-4-3-5-9-13;1-6-10(7-2)11(8-3)9(4)5;1-2/h4,8,13-15H,2-3,5-7,9-12H2,1H3;9-11H,6-8H2,1-5H3;1-2H3/q-1;;. The van der Waals surface area contributed by atoms with E-state index in [1.807, 2.05) is 13.8 Å². The van der Waals surface area contributed by atoms with Crippen molar-refractivity contribution in [3.8, 4) is 0 Å². The molecule has 0 aromatic carbocycles. The van der Waals surface area contributed by atoms with Crippen LogP contribution in [-0.2, 0) is 0 Å². The molecule has 2 aliphatic carbocycles. The molecule has 0 aliphatic heterocycles. The summed E-state index contributed by atoms with van der Waals surface area (Å²) in [6.07, 6.45) is 21.0. The van der Waals surface area contributed by atoms with Gasteiger partial charge in [0.15, 0.2) is 0 Å². The Hall–Kier alpha value is 0.470. The summed E-state index contributed by atoms with van der Waals surface area (Å²) in [7, 11) is 0. The predicted octanol–water partition coefficient (Wildman–Crippen LogP) is 6.53. The summed E-state index contributed by atoms with van der Waals surface area (Å²) in [6.45, 7) is 18.0. The van der Waals surface area contributed by atoms with E-state index in [-0.39, 0.29) is 0 Å². The van der Waals surface area contributed by atoms with Gasteiger partial charge in [-0.3, -0.25) is 0 Å². The first-order valence-electron chi connectivity index (χ1n) is 13.3. The molecule has 176 valence electrons. The molecule has 0 amide bonds. The van der Waals surface area contributed by atoms with E-state index in [0.717, 1.165) is 29.6 Å². The molecule has 0 N–H and O–H groups in total. The molecule has 0 aromatic heterocycles. The van der Waals surface area contributed by atoms with Gasteiger partial charge in [0.05, 0.1) is 0 Å². The van der Waals surface area contributed by atoms with E-state index < -0.39 is 0 Å². The number of alkyl halides is 2. The topological polar surface area (TPSA) is 0 Å². The second-order valence-corrected chi connectivity index (χ2v) is 12.8. The van der Waals surface area contributed by atoms with Crippen molar-refractivity contribution in [2.24, 2.45) is 29.6 Å². The van der Waals surface area contributed by atoms with Crippen LogP contribution in [0, 0.1) is 29.6 Å². The minimum atomic E-state index is 0.503. The van der Waals surface area contributed by atoms with Crippen LogP contribution >= 0.6 is 0 Å². The average molecular weight is 520 g/mol. The third-order valence-corrected chi connectivity index (χ3v) is 11.4. The van der Waals surface area contributed by atoms with E-state index in [2.05, 4.69) is 53.7 Å². The van der Waals surface area contributed by atoms with Crippen molar-refractivity contribution in [2.75, 3.05) is 4.43 Å². The zero-order valence-corrected chi connectivity index (χ0v) is 23.6. The minimum absolute atomic E-state index is 0.503. The Kier molecular flexibility index (Phi) is 19.5. The molecule has 0 heterocycles. The maximum absolute atomic E-state index is 2.57. The zero-order valence-electron chi connectivity index (χ0n) is 21.5. The summed E-state index contributed by atoms with van der Waals surface area (Å²) in [5, 5.41) is 0. The van der Waals surface area contributed by atoms with E-state index >= 15 is 0 Å². The fourth-order valence-electron chi connectivity index (χ4n) is 5.48. The Bertz CT molecular complexity index is 369. The van der Waals surface area contributed by atoms with Crippen molar-refractivity contribution in [2.45, 2.75) is 130 Å². The van der Waals surface area contributed by atoms with Gasteiger partial charge in [0.25, 0.3) is 0 Å². The summed E-state index contributed by atoms with van der Waals surface area (Å²) in [4.78, 5) is 0. The Morgan fingerprint density at radius 3 is 1.97 bits per heavy atom. The maximum atomic E-state index is 2.57. The Labute approximate surface area is 196 Å². The van der Waals surface area contributed by atoms with E-state index in [1.165, 1.54) is 61.7 Å². The predicted molar refractivity (Wildman–Crippen MR) is 131 cm³/mol. The van der Waals surface area contributed by atoms with Crippen LogP contribution in [0.2, 0.25) is 0 Å². The van der Waals surface area contributed by atoms with Crippen LogP contribution in [-0.4, -0.2) is 8.35 Å². The van der Waals surface area contributed by atoms with E-state index in [1.54, 1.807) is 17.3 Å². The van der Waals surface area contributed by atoms with Crippen LogP contribution in [0.25, 0.3) is 0 Å². The van der Waals surface area contributed by atoms with Gasteiger partial charge >= 0.3 is 112 Å². The fourth-order valence-corrected chi connectivity index (χ4v) is 9.33. The molecule has 29 heavy (non-hydrogen) atoms. The first kappa shape index (κ1) is 29.5. The summed E-state index contributed by atoms with van der Waals surface area (Å²) >= 11 is 0.503. The second-order valence-electron chi connectivity index (χ2n) is 9.22. The number of halogens is 1. The van der Waals surface area contributed by atoms with E-state index in [9.17, 15) is 0 Å². The third kappa shape index (κ3) is 11.6. The van der Waals surface area contributed by atoms with Crippen molar-refractivity contribution in [1.82, 2.24) is 0 Å². The molecule has 4 unspecified atom stereocenters. The molecule has 0 saturated heterocycles. The van der Waals surface area contributed by atoms with Crippen LogP contribution in [0.1, 0.15) is 126 Å². The summed E-state index contributed by atoms with van der Waals surface area (Å²) in [5.74, 6) is 4.83. The fraction of sp³-hybridized carbons (Fsp3) is 0.929. The summed E-state index contributed by atoms with van der Waals surface area (Å²) < 4.78 is 2.73. The summed E-state index contributed by atoms with van der Waals surface area (Å²) in [6, 6.07) is 0. The molecule has 1 fully saturated rings. The first-order valence-corrected chi connectivity index (χ1v) is 16.1. The van der Waals surface area contributed by atoms with Crippen LogP contribution in [0.4, 0.5) is 0 Å². The van der Waals surface area contributed by atoms with E-state index in [0.29, 0.717) is 21.2 Å². The average Bonchev–Trinajstić information content (AvgIpc) is 2.78. The number of hydrogen-bond acceptors (Lipinski definition) is 0.